The summed E-state index contributed by atoms with van der Waals surface area (Å²) in [5, 5.41) is 2.67. The summed E-state index contributed by atoms with van der Waals surface area (Å²) in [7, 11) is 3.15. The van der Waals surface area contributed by atoms with Crippen molar-refractivity contribution in [1.29, 1.82) is 0 Å². The van der Waals surface area contributed by atoms with Gasteiger partial charge >= 0.3 is 5.97 Å². The third kappa shape index (κ3) is 4.89. The van der Waals surface area contributed by atoms with E-state index < -0.39 is 5.97 Å². The zero-order chi connectivity index (χ0) is 20.8. The fourth-order valence-electron chi connectivity index (χ4n) is 2.66. The SMILES string of the molecule is CCOc1c(Br)cc(C(=O)OCc2csc(-c3ccccc3OC)n2)cc1OC. The van der Waals surface area contributed by atoms with Gasteiger partial charge < -0.3 is 18.9 Å². The van der Waals surface area contributed by atoms with Crippen LogP contribution in [0.2, 0.25) is 0 Å². The minimum atomic E-state index is -0.473. The molecule has 152 valence electrons. The van der Waals surface area contributed by atoms with E-state index in [0.29, 0.717) is 33.8 Å². The summed E-state index contributed by atoms with van der Waals surface area (Å²) in [6.07, 6.45) is 0. The molecule has 3 rings (SSSR count). The largest absolute Gasteiger partial charge is 0.496 e. The predicted octanol–water partition coefficient (Wildman–Crippen LogP) is 5.35. The van der Waals surface area contributed by atoms with E-state index in [4.69, 9.17) is 18.9 Å². The van der Waals surface area contributed by atoms with Crippen molar-refractivity contribution in [2.75, 3.05) is 20.8 Å². The number of methoxy groups -OCH3 is 2. The second-order valence-electron chi connectivity index (χ2n) is 5.84. The van der Waals surface area contributed by atoms with Gasteiger partial charge in [-0.2, -0.15) is 0 Å². The van der Waals surface area contributed by atoms with Gasteiger partial charge in [-0.15, -0.1) is 11.3 Å². The molecule has 0 amide bonds. The molecule has 1 aromatic heterocycles. The maximum absolute atomic E-state index is 12.5. The smallest absolute Gasteiger partial charge is 0.338 e. The Morgan fingerprint density at radius 3 is 2.62 bits per heavy atom. The Morgan fingerprint density at radius 1 is 1.14 bits per heavy atom. The average molecular weight is 478 g/mol. The summed E-state index contributed by atoms with van der Waals surface area (Å²) in [5.41, 5.74) is 1.93. The number of carbonyl (C=O) groups is 1. The number of thiazole rings is 1. The zero-order valence-corrected chi connectivity index (χ0v) is 18.6. The van der Waals surface area contributed by atoms with Crippen LogP contribution in [-0.4, -0.2) is 31.8 Å². The number of halogens is 1. The lowest BCUT2D eigenvalue weighted by Crippen LogP contribution is -2.07. The fraction of sp³-hybridized carbons (Fsp3) is 0.238. The second-order valence-corrected chi connectivity index (χ2v) is 7.56. The standard InChI is InChI=1S/C21H20BrNO5S/c1-4-27-19-16(22)9-13(10-18(19)26-3)21(24)28-11-14-12-29-20(23-14)15-7-5-6-8-17(15)25-2/h5-10,12H,4,11H2,1-3H3. The van der Waals surface area contributed by atoms with Crippen molar-refractivity contribution in [3.05, 3.63) is 57.5 Å². The first-order valence-corrected chi connectivity index (χ1v) is 10.5. The first kappa shape index (κ1) is 21.1. The molecule has 0 unspecified atom stereocenters. The Labute approximate surface area is 181 Å². The van der Waals surface area contributed by atoms with E-state index in [1.807, 2.05) is 36.6 Å². The highest BCUT2D eigenvalue weighted by molar-refractivity contribution is 9.10. The lowest BCUT2D eigenvalue weighted by molar-refractivity contribution is 0.0468. The number of esters is 1. The van der Waals surface area contributed by atoms with Gasteiger partial charge in [0.15, 0.2) is 11.5 Å². The lowest BCUT2D eigenvalue weighted by Gasteiger charge is -2.13. The third-order valence-electron chi connectivity index (χ3n) is 3.99. The number of carbonyl (C=O) groups excluding carboxylic acids is 1. The van der Waals surface area contributed by atoms with E-state index in [0.717, 1.165) is 16.3 Å². The van der Waals surface area contributed by atoms with Gasteiger partial charge in [-0.3, -0.25) is 0 Å². The van der Waals surface area contributed by atoms with Crippen LogP contribution < -0.4 is 14.2 Å². The maximum atomic E-state index is 12.5. The molecule has 2 aromatic carbocycles. The number of ether oxygens (including phenoxy) is 4. The van der Waals surface area contributed by atoms with Crippen molar-refractivity contribution in [2.45, 2.75) is 13.5 Å². The highest BCUT2D eigenvalue weighted by atomic mass is 79.9. The monoisotopic (exact) mass is 477 g/mol. The molecule has 29 heavy (non-hydrogen) atoms. The number of aromatic nitrogens is 1. The molecule has 0 aliphatic heterocycles. The minimum Gasteiger partial charge on any atom is -0.496 e. The summed E-state index contributed by atoms with van der Waals surface area (Å²) in [5.74, 6) is 1.28. The van der Waals surface area contributed by atoms with Crippen molar-refractivity contribution in [2.24, 2.45) is 0 Å². The van der Waals surface area contributed by atoms with E-state index >= 15 is 0 Å². The predicted molar refractivity (Wildman–Crippen MR) is 115 cm³/mol. The van der Waals surface area contributed by atoms with Crippen molar-refractivity contribution in [1.82, 2.24) is 4.98 Å². The van der Waals surface area contributed by atoms with Crippen molar-refractivity contribution in [3.63, 3.8) is 0 Å². The Kier molecular flexibility index (Phi) is 7.11. The van der Waals surface area contributed by atoms with E-state index in [2.05, 4.69) is 20.9 Å². The van der Waals surface area contributed by atoms with Crippen LogP contribution in [0.4, 0.5) is 0 Å². The van der Waals surface area contributed by atoms with Gasteiger partial charge in [0.25, 0.3) is 0 Å². The van der Waals surface area contributed by atoms with Gasteiger partial charge in [0, 0.05) is 5.38 Å². The number of hydrogen-bond donors (Lipinski definition) is 0. The van der Waals surface area contributed by atoms with Crippen LogP contribution in [-0.2, 0) is 11.3 Å². The Bertz CT molecular complexity index is 1000. The third-order valence-corrected chi connectivity index (χ3v) is 5.51. The summed E-state index contributed by atoms with van der Waals surface area (Å²) in [6.45, 7) is 2.43. The van der Waals surface area contributed by atoms with Crippen LogP contribution in [0.5, 0.6) is 17.2 Å². The van der Waals surface area contributed by atoms with Crippen molar-refractivity contribution >= 4 is 33.2 Å². The molecule has 0 radical (unpaired) electrons. The fourth-order valence-corrected chi connectivity index (χ4v) is 4.05. The van der Waals surface area contributed by atoms with Gasteiger partial charge in [-0.1, -0.05) is 12.1 Å². The van der Waals surface area contributed by atoms with Crippen LogP contribution in [0.15, 0.2) is 46.3 Å². The van der Waals surface area contributed by atoms with Gasteiger partial charge in [0.05, 0.1) is 42.1 Å². The molecular weight excluding hydrogens is 458 g/mol. The Morgan fingerprint density at radius 2 is 1.90 bits per heavy atom. The zero-order valence-electron chi connectivity index (χ0n) is 16.2. The van der Waals surface area contributed by atoms with Crippen molar-refractivity contribution in [3.8, 4) is 27.8 Å². The topological polar surface area (TPSA) is 66.9 Å². The van der Waals surface area contributed by atoms with Crippen LogP contribution in [0.3, 0.4) is 0 Å². The molecule has 1 heterocycles. The molecular formula is C21H20BrNO5S. The second kappa shape index (κ2) is 9.76. The van der Waals surface area contributed by atoms with E-state index in [-0.39, 0.29) is 6.61 Å². The number of benzene rings is 2. The van der Waals surface area contributed by atoms with E-state index in [1.165, 1.54) is 18.4 Å². The van der Waals surface area contributed by atoms with Gasteiger partial charge in [-0.25, -0.2) is 9.78 Å². The first-order chi connectivity index (χ1) is 14.1. The van der Waals surface area contributed by atoms with Gasteiger partial charge in [0.1, 0.15) is 17.4 Å². The average Bonchev–Trinajstić information content (AvgIpc) is 3.22. The summed E-state index contributed by atoms with van der Waals surface area (Å²) >= 11 is 4.88. The van der Waals surface area contributed by atoms with Gasteiger partial charge in [-0.05, 0) is 47.1 Å². The maximum Gasteiger partial charge on any atom is 0.338 e. The van der Waals surface area contributed by atoms with E-state index in [1.54, 1.807) is 19.2 Å². The molecule has 0 spiro atoms. The minimum absolute atomic E-state index is 0.0671. The molecule has 0 atom stereocenters. The highest BCUT2D eigenvalue weighted by Gasteiger charge is 2.17. The molecule has 0 bridgehead atoms. The molecule has 0 saturated carbocycles. The molecule has 0 aliphatic carbocycles. The Hall–Kier alpha value is -2.58. The highest BCUT2D eigenvalue weighted by Crippen LogP contribution is 2.37. The molecule has 6 nitrogen and oxygen atoms in total. The lowest BCUT2D eigenvalue weighted by atomic mass is 10.2. The van der Waals surface area contributed by atoms with Crippen LogP contribution >= 0.6 is 27.3 Å². The first-order valence-electron chi connectivity index (χ1n) is 8.82. The number of nitrogens with zero attached hydrogens (tertiary/aromatic N) is 1. The van der Waals surface area contributed by atoms with Crippen LogP contribution in [0, 0.1) is 0 Å². The molecule has 0 N–H and O–H groups in total. The quantitative estimate of drug-likeness (QED) is 0.407. The molecule has 3 aromatic rings. The van der Waals surface area contributed by atoms with Crippen molar-refractivity contribution < 1.29 is 23.7 Å². The Balaban J connectivity index is 1.72. The van der Waals surface area contributed by atoms with Crippen LogP contribution in [0.25, 0.3) is 10.6 Å². The normalized spacial score (nSPS) is 10.5. The van der Waals surface area contributed by atoms with Gasteiger partial charge in [0.2, 0.25) is 0 Å². The van der Waals surface area contributed by atoms with Crippen LogP contribution in [0.1, 0.15) is 23.0 Å². The van der Waals surface area contributed by atoms with E-state index in [9.17, 15) is 4.79 Å². The molecule has 0 aliphatic rings. The summed E-state index contributed by atoms with van der Waals surface area (Å²) in [6, 6.07) is 10.9. The number of hydrogen-bond acceptors (Lipinski definition) is 7. The number of rotatable bonds is 8. The molecule has 0 fully saturated rings. The summed E-state index contributed by atoms with van der Waals surface area (Å²) < 4.78 is 22.3. The molecule has 0 saturated heterocycles. The number of para-hydroxylation sites is 1. The summed E-state index contributed by atoms with van der Waals surface area (Å²) in [4.78, 5) is 17.1. The molecule has 8 heteroatoms.